The van der Waals surface area contributed by atoms with Crippen molar-refractivity contribution in [1.82, 2.24) is 0 Å². The molecule has 0 amide bonds. The van der Waals surface area contributed by atoms with Gasteiger partial charge in [0.25, 0.3) is 0 Å². The fourth-order valence-electron chi connectivity index (χ4n) is 3.88. The molecule has 0 spiro atoms. The molecule has 0 aromatic heterocycles. The number of fused-ring (bicyclic) bond motifs is 6. The number of rotatable bonds is 1. The molecule has 0 aliphatic carbocycles. The molecular weight excluding hydrogens is 304 g/mol. The summed E-state index contributed by atoms with van der Waals surface area (Å²) < 4.78 is 0. The van der Waals surface area contributed by atoms with Crippen LogP contribution in [0, 0.1) is 0 Å². The Morgan fingerprint density at radius 2 is 0.920 bits per heavy atom. The number of aromatic hydroxyl groups is 1. The molecule has 5 aromatic rings. The second kappa shape index (κ2) is 5.35. The Kier molecular flexibility index (Phi) is 3.01. The second-order valence-corrected chi connectivity index (χ2v) is 6.34. The normalized spacial score (nSPS) is 11.4. The first-order valence-corrected chi connectivity index (χ1v) is 8.45. The van der Waals surface area contributed by atoms with Gasteiger partial charge in [0.05, 0.1) is 0 Å². The van der Waals surface area contributed by atoms with Gasteiger partial charge in [-0.25, -0.2) is 0 Å². The molecule has 1 N–H and O–H groups in total. The maximum absolute atomic E-state index is 10.7. The average molecular weight is 320 g/mol. The highest BCUT2D eigenvalue weighted by Gasteiger charge is 2.15. The molecule has 0 aliphatic heterocycles. The predicted octanol–water partition coefficient (Wildman–Crippen LogP) is 6.52. The van der Waals surface area contributed by atoms with E-state index in [2.05, 4.69) is 60.7 Å². The third-order valence-corrected chi connectivity index (χ3v) is 4.95. The van der Waals surface area contributed by atoms with Crippen LogP contribution in [0.25, 0.3) is 43.4 Å². The lowest BCUT2D eigenvalue weighted by molar-refractivity contribution is 0.478. The lowest BCUT2D eigenvalue weighted by Crippen LogP contribution is -1.87. The Labute approximate surface area is 145 Å². The van der Waals surface area contributed by atoms with Crippen molar-refractivity contribution >= 4 is 32.3 Å². The minimum atomic E-state index is 0.319. The van der Waals surface area contributed by atoms with Gasteiger partial charge in [-0.3, -0.25) is 0 Å². The molecule has 0 heterocycles. The van der Waals surface area contributed by atoms with Crippen LogP contribution >= 0.6 is 0 Å². The smallest absolute Gasteiger partial charge is 0.124 e. The summed E-state index contributed by atoms with van der Waals surface area (Å²) in [5.41, 5.74) is 1.94. The van der Waals surface area contributed by atoms with Crippen molar-refractivity contribution in [1.29, 1.82) is 0 Å². The van der Waals surface area contributed by atoms with Gasteiger partial charge in [-0.05, 0) is 38.6 Å². The van der Waals surface area contributed by atoms with Crippen LogP contribution in [-0.4, -0.2) is 5.11 Å². The average Bonchev–Trinajstić information content (AvgIpc) is 2.68. The molecule has 118 valence electrons. The van der Waals surface area contributed by atoms with Crippen LogP contribution in [0.1, 0.15) is 0 Å². The van der Waals surface area contributed by atoms with Gasteiger partial charge in [-0.1, -0.05) is 84.9 Å². The summed E-state index contributed by atoms with van der Waals surface area (Å²) >= 11 is 0. The van der Waals surface area contributed by atoms with Crippen LogP contribution in [0.15, 0.2) is 91.0 Å². The van der Waals surface area contributed by atoms with Crippen LogP contribution in [0.2, 0.25) is 0 Å². The molecule has 1 heteroatoms. The van der Waals surface area contributed by atoms with Gasteiger partial charge < -0.3 is 5.11 Å². The van der Waals surface area contributed by atoms with Gasteiger partial charge in [0.2, 0.25) is 0 Å². The molecule has 0 saturated heterocycles. The third-order valence-electron chi connectivity index (χ3n) is 4.95. The van der Waals surface area contributed by atoms with E-state index >= 15 is 0 Å². The zero-order chi connectivity index (χ0) is 16.8. The van der Waals surface area contributed by atoms with Gasteiger partial charge in [0.1, 0.15) is 5.75 Å². The van der Waals surface area contributed by atoms with Gasteiger partial charge in [0.15, 0.2) is 0 Å². The predicted molar refractivity (Wildman–Crippen MR) is 106 cm³/mol. The van der Waals surface area contributed by atoms with Crippen molar-refractivity contribution in [3.63, 3.8) is 0 Å². The zero-order valence-corrected chi connectivity index (χ0v) is 13.6. The maximum Gasteiger partial charge on any atom is 0.124 e. The molecule has 0 atom stereocenters. The summed E-state index contributed by atoms with van der Waals surface area (Å²) in [5.74, 6) is 0.319. The van der Waals surface area contributed by atoms with Crippen LogP contribution in [0.5, 0.6) is 5.75 Å². The van der Waals surface area contributed by atoms with E-state index in [1.54, 1.807) is 0 Å². The standard InChI is InChI=1S/C24H16O/c25-22-15-14-21-19-12-5-4-10-17(19)18-11-6-7-13-20(18)24(21)23(22)16-8-2-1-3-9-16/h1-15,25H. The summed E-state index contributed by atoms with van der Waals surface area (Å²) in [4.78, 5) is 0. The Morgan fingerprint density at radius 3 is 1.56 bits per heavy atom. The summed E-state index contributed by atoms with van der Waals surface area (Å²) in [6, 6.07) is 30.9. The van der Waals surface area contributed by atoms with Crippen molar-refractivity contribution < 1.29 is 5.11 Å². The number of hydrogen-bond donors (Lipinski definition) is 1. The van der Waals surface area contributed by atoms with Gasteiger partial charge >= 0.3 is 0 Å². The van der Waals surface area contributed by atoms with Gasteiger partial charge in [-0.15, -0.1) is 0 Å². The topological polar surface area (TPSA) is 20.2 Å². The van der Waals surface area contributed by atoms with E-state index in [4.69, 9.17) is 0 Å². The van der Waals surface area contributed by atoms with E-state index < -0.39 is 0 Å². The molecule has 0 aliphatic rings. The maximum atomic E-state index is 10.7. The minimum Gasteiger partial charge on any atom is -0.507 e. The second-order valence-electron chi connectivity index (χ2n) is 6.34. The van der Waals surface area contributed by atoms with Crippen LogP contribution in [-0.2, 0) is 0 Å². The van der Waals surface area contributed by atoms with Crippen LogP contribution in [0.4, 0.5) is 0 Å². The summed E-state index contributed by atoms with van der Waals surface area (Å²) in [7, 11) is 0. The summed E-state index contributed by atoms with van der Waals surface area (Å²) in [6.45, 7) is 0. The van der Waals surface area contributed by atoms with E-state index in [-0.39, 0.29) is 0 Å². The van der Waals surface area contributed by atoms with Crippen molar-refractivity contribution in [2.24, 2.45) is 0 Å². The molecule has 0 saturated carbocycles. The molecule has 1 nitrogen and oxygen atoms in total. The molecule has 5 aromatic carbocycles. The largest absolute Gasteiger partial charge is 0.507 e. The van der Waals surface area contributed by atoms with Crippen molar-refractivity contribution in [3.8, 4) is 16.9 Å². The summed E-state index contributed by atoms with van der Waals surface area (Å²) in [5, 5.41) is 17.8. The highest BCUT2D eigenvalue weighted by atomic mass is 16.3. The lowest BCUT2D eigenvalue weighted by atomic mass is 9.89. The number of phenolic OH excluding ortho intramolecular Hbond substituents is 1. The Hall–Kier alpha value is -3.32. The monoisotopic (exact) mass is 320 g/mol. The lowest BCUT2D eigenvalue weighted by Gasteiger charge is -2.15. The molecule has 0 unspecified atom stereocenters. The van der Waals surface area contributed by atoms with Crippen molar-refractivity contribution in [2.75, 3.05) is 0 Å². The Bertz CT molecular complexity index is 1200. The molecule has 5 rings (SSSR count). The number of hydrogen-bond acceptors (Lipinski definition) is 1. The third kappa shape index (κ3) is 2.03. The van der Waals surface area contributed by atoms with E-state index in [9.17, 15) is 5.11 Å². The first kappa shape index (κ1) is 14.1. The molecular formula is C24H16O. The highest BCUT2D eigenvalue weighted by Crippen LogP contribution is 2.43. The van der Waals surface area contributed by atoms with Crippen molar-refractivity contribution in [2.45, 2.75) is 0 Å². The zero-order valence-electron chi connectivity index (χ0n) is 13.6. The number of phenols is 1. The first-order chi connectivity index (χ1) is 12.3. The fourth-order valence-corrected chi connectivity index (χ4v) is 3.88. The fraction of sp³-hybridized carbons (Fsp3) is 0. The quantitative estimate of drug-likeness (QED) is 0.349. The first-order valence-electron chi connectivity index (χ1n) is 8.45. The highest BCUT2D eigenvalue weighted by molar-refractivity contribution is 6.28. The molecule has 0 radical (unpaired) electrons. The van der Waals surface area contributed by atoms with E-state index in [0.29, 0.717) is 5.75 Å². The Morgan fingerprint density at radius 1 is 0.440 bits per heavy atom. The van der Waals surface area contributed by atoms with Gasteiger partial charge in [-0.2, -0.15) is 0 Å². The van der Waals surface area contributed by atoms with E-state index in [0.717, 1.165) is 16.5 Å². The molecule has 0 fully saturated rings. The SMILES string of the molecule is Oc1ccc2c3ccccc3c3ccccc3c2c1-c1ccccc1. The van der Waals surface area contributed by atoms with Crippen LogP contribution in [0.3, 0.4) is 0 Å². The molecule has 0 bridgehead atoms. The van der Waals surface area contributed by atoms with E-state index in [1.807, 2.05) is 30.3 Å². The van der Waals surface area contributed by atoms with Crippen molar-refractivity contribution in [3.05, 3.63) is 91.0 Å². The number of benzene rings is 5. The minimum absolute atomic E-state index is 0.319. The molecule has 25 heavy (non-hydrogen) atoms. The van der Waals surface area contributed by atoms with Gasteiger partial charge in [0, 0.05) is 10.9 Å². The summed E-state index contributed by atoms with van der Waals surface area (Å²) in [6.07, 6.45) is 0. The van der Waals surface area contributed by atoms with Crippen LogP contribution < -0.4 is 0 Å². The Balaban J connectivity index is 2.12. The van der Waals surface area contributed by atoms with E-state index in [1.165, 1.54) is 26.9 Å².